The molecule has 1 aromatic rings. The quantitative estimate of drug-likeness (QED) is 0.557. The Balaban J connectivity index is 1.82. The van der Waals surface area contributed by atoms with Gasteiger partial charge in [-0.05, 0) is 31.7 Å². The molecular weight excluding hydrogens is 208 g/mol. The van der Waals surface area contributed by atoms with E-state index in [0.717, 1.165) is 19.3 Å². The van der Waals surface area contributed by atoms with Crippen molar-refractivity contribution in [1.82, 2.24) is 0 Å². The first-order chi connectivity index (χ1) is 8.26. The van der Waals surface area contributed by atoms with Crippen molar-refractivity contribution in [3.63, 3.8) is 0 Å². The lowest BCUT2D eigenvalue weighted by atomic mass is 9.94. The topological polar surface area (TPSA) is 36.1 Å². The Morgan fingerprint density at radius 2 is 2.12 bits per heavy atom. The molecule has 2 heteroatoms. The lowest BCUT2D eigenvalue weighted by Gasteiger charge is -2.07. The number of hydrogen-bond acceptors (Lipinski definition) is 2. The number of hydrogen-bond donors (Lipinski definition) is 0. The van der Waals surface area contributed by atoms with Crippen LogP contribution >= 0.6 is 0 Å². The molecular formula is C15H16N2. The molecule has 2 nitrogen and oxygen atoms in total. The number of unbranched alkanes of at least 4 members (excludes halogenated alkanes) is 1. The van der Waals surface area contributed by atoms with E-state index in [4.69, 9.17) is 5.26 Å². The summed E-state index contributed by atoms with van der Waals surface area (Å²) in [5.41, 5.74) is 2.51. The maximum absolute atomic E-state index is 8.37. The second-order valence-corrected chi connectivity index (χ2v) is 4.52. The number of rotatable bonds is 5. The van der Waals surface area contributed by atoms with Crippen molar-refractivity contribution in [3.05, 3.63) is 48.0 Å². The van der Waals surface area contributed by atoms with Crippen LogP contribution in [0.3, 0.4) is 0 Å². The number of nitriles is 1. The summed E-state index contributed by atoms with van der Waals surface area (Å²) < 4.78 is 0. The van der Waals surface area contributed by atoms with Crippen molar-refractivity contribution in [2.45, 2.75) is 31.7 Å². The fourth-order valence-corrected chi connectivity index (χ4v) is 2.06. The first-order valence-electron chi connectivity index (χ1n) is 5.97. The van der Waals surface area contributed by atoms with Gasteiger partial charge in [-0.25, -0.2) is 0 Å². The third-order valence-corrected chi connectivity index (χ3v) is 3.09. The number of aliphatic imine (C=N–C) groups is 1. The van der Waals surface area contributed by atoms with Crippen LogP contribution < -0.4 is 0 Å². The monoisotopic (exact) mass is 224 g/mol. The lowest BCUT2D eigenvalue weighted by Crippen LogP contribution is -2.14. The highest BCUT2D eigenvalue weighted by Gasteiger charge is 2.41. The Bertz CT molecular complexity index is 479. The van der Waals surface area contributed by atoms with E-state index < -0.39 is 0 Å². The average Bonchev–Trinajstić information content (AvgIpc) is 3.03. The average molecular weight is 224 g/mol. The molecule has 0 bridgehead atoms. The van der Waals surface area contributed by atoms with Crippen LogP contribution in [0.1, 0.15) is 31.7 Å². The Morgan fingerprint density at radius 1 is 1.35 bits per heavy atom. The molecule has 0 aromatic heterocycles. The van der Waals surface area contributed by atoms with E-state index in [1.807, 2.05) is 30.3 Å². The standard InChI is InChI=1S/C15H16N2/c1-15(11-7-2-3-8-12-16)14(17-15)13-9-5-4-6-10-13/h3-6,8-10H,2,7,11H2,1H3. The zero-order valence-corrected chi connectivity index (χ0v) is 10.1. The fourth-order valence-electron chi connectivity index (χ4n) is 2.06. The Morgan fingerprint density at radius 3 is 2.82 bits per heavy atom. The molecule has 1 heterocycles. The van der Waals surface area contributed by atoms with Gasteiger partial charge in [-0.3, -0.25) is 4.99 Å². The summed E-state index contributed by atoms with van der Waals surface area (Å²) in [6.07, 6.45) is 6.57. The van der Waals surface area contributed by atoms with Crippen molar-refractivity contribution < 1.29 is 0 Å². The van der Waals surface area contributed by atoms with E-state index >= 15 is 0 Å². The molecule has 1 aliphatic heterocycles. The summed E-state index contributed by atoms with van der Waals surface area (Å²) in [6, 6.07) is 12.3. The molecule has 0 saturated carbocycles. The molecule has 0 fully saturated rings. The lowest BCUT2D eigenvalue weighted by molar-refractivity contribution is 0.617. The van der Waals surface area contributed by atoms with Gasteiger partial charge >= 0.3 is 0 Å². The van der Waals surface area contributed by atoms with Crippen molar-refractivity contribution in [2.24, 2.45) is 4.99 Å². The fraction of sp³-hybridized carbons (Fsp3) is 0.333. The van der Waals surface area contributed by atoms with Crippen molar-refractivity contribution in [3.8, 4) is 6.07 Å². The number of benzene rings is 1. The summed E-state index contributed by atoms with van der Waals surface area (Å²) in [7, 11) is 0. The van der Waals surface area contributed by atoms with Crippen LogP contribution in [-0.4, -0.2) is 11.3 Å². The van der Waals surface area contributed by atoms with E-state index in [9.17, 15) is 0 Å². The summed E-state index contributed by atoms with van der Waals surface area (Å²) in [5.74, 6) is 0. The third-order valence-electron chi connectivity index (χ3n) is 3.09. The maximum atomic E-state index is 8.37. The minimum absolute atomic E-state index is 0.0435. The molecule has 0 amide bonds. The van der Waals surface area contributed by atoms with Crippen LogP contribution in [0.2, 0.25) is 0 Å². The van der Waals surface area contributed by atoms with Gasteiger partial charge in [-0.2, -0.15) is 5.26 Å². The molecule has 0 N–H and O–H groups in total. The largest absolute Gasteiger partial charge is 0.274 e. The molecule has 17 heavy (non-hydrogen) atoms. The summed E-state index contributed by atoms with van der Waals surface area (Å²) in [6.45, 7) is 2.18. The van der Waals surface area contributed by atoms with E-state index in [1.165, 1.54) is 11.3 Å². The van der Waals surface area contributed by atoms with Gasteiger partial charge in [0, 0.05) is 6.08 Å². The van der Waals surface area contributed by atoms with Crippen LogP contribution in [0.25, 0.3) is 0 Å². The minimum Gasteiger partial charge on any atom is -0.274 e. The van der Waals surface area contributed by atoms with Crippen LogP contribution in [0.5, 0.6) is 0 Å². The molecule has 2 rings (SSSR count). The molecule has 1 atom stereocenters. The second kappa shape index (κ2) is 4.97. The van der Waals surface area contributed by atoms with Crippen LogP contribution in [-0.2, 0) is 0 Å². The van der Waals surface area contributed by atoms with Crippen molar-refractivity contribution in [2.75, 3.05) is 0 Å². The van der Waals surface area contributed by atoms with Crippen LogP contribution in [0.4, 0.5) is 0 Å². The van der Waals surface area contributed by atoms with Gasteiger partial charge in [0.05, 0.1) is 11.8 Å². The minimum atomic E-state index is 0.0435. The Labute approximate surface area is 102 Å². The SMILES string of the molecule is CC1(CCCC=CC#N)N=C1c1ccccc1. The van der Waals surface area contributed by atoms with Gasteiger partial charge in [0.25, 0.3) is 0 Å². The molecule has 0 radical (unpaired) electrons. The van der Waals surface area contributed by atoms with Gasteiger partial charge in [-0.15, -0.1) is 0 Å². The van der Waals surface area contributed by atoms with Gasteiger partial charge in [0.2, 0.25) is 0 Å². The third kappa shape index (κ3) is 2.82. The smallest absolute Gasteiger partial charge is 0.100 e. The molecule has 1 aromatic carbocycles. The van der Waals surface area contributed by atoms with E-state index in [-0.39, 0.29) is 5.54 Å². The first-order valence-corrected chi connectivity index (χ1v) is 5.97. The molecule has 1 unspecified atom stereocenters. The summed E-state index contributed by atoms with van der Waals surface area (Å²) in [4.78, 5) is 4.60. The van der Waals surface area contributed by atoms with Gasteiger partial charge in [-0.1, -0.05) is 36.4 Å². The molecule has 86 valence electrons. The molecule has 0 saturated heterocycles. The number of allylic oxidation sites excluding steroid dienone is 2. The molecule has 1 aliphatic rings. The predicted octanol–water partition coefficient (Wildman–Crippen LogP) is 3.50. The van der Waals surface area contributed by atoms with Gasteiger partial charge in [0.15, 0.2) is 0 Å². The van der Waals surface area contributed by atoms with Gasteiger partial charge < -0.3 is 0 Å². The highest BCUT2D eigenvalue weighted by molar-refractivity contribution is 6.16. The normalized spacial score (nSPS) is 22.2. The van der Waals surface area contributed by atoms with E-state index in [0.29, 0.717) is 0 Å². The van der Waals surface area contributed by atoms with Gasteiger partial charge in [0.1, 0.15) is 5.54 Å². The van der Waals surface area contributed by atoms with E-state index in [2.05, 4.69) is 24.0 Å². The maximum Gasteiger partial charge on any atom is 0.100 e. The Kier molecular flexibility index (Phi) is 3.39. The van der Waals surface area contributed by atoms with Crippen molar-refractivity contribution in [1.29, 1.82) is 5.26 Å². The zero-order valence-electron chi connectivity index (χ0n) is 10.1. The zero-order chi connectivity index (χ0) is 12.1. The highest BCUT2D eigenvalue weighted by atomic mass is 15.0. The number of nitrogens with zero attached hydrogens (tertiary/aromatic N) is 2. The van der Waals surface area contributed by atoms with Crippen molar-refractivity contribution >= 4 is 5.71 Å². The first kappa shape index (κ1) is 11.6. The summed E-state index contributed by atoms with van der Waals surface area (Å²) in [5, 5.41) is 8.37. The van der Waals surface area contributed by atoms with Crippen LogP contribution in [0.15, 0.2) is 47.5 Å². The summed E-state index contributed by atoms with van der Waals surface area (Å²) >= 11 is 0. The Hall–Kier alpha value is -1.88. The van der Waals surface area contributed by atoms with E-state index in [1.54, 1.807) is 6.08 Å². The highest BCUT2D eigenvalue weighted by Crippen LogP contribution is 2.36. The molecule has 0 aliphatic carbocycles. The second-order valence-electron chi connectivity index (χ2n) is 4.52. The predicted molar refractivity (Wildman–Crippen MR) is 70.0 cm³/mol. The molecule has 0 spiro atoms. The van der Waals surface area contributed by atoms with Crippen LogP contribution in [0, 0.1) is 11.3 Å².